The van der Waals surface area contributed by atoms with Crippen LogP contribution in [0.1, 0.15) is 18.9 Å². The topological polar surface area (TPSA) is 107 Å². The molecule has 12 heteroatoms. The number of fused-ring (bicyclic) bond motifs is 3. The van der Waals surface area contributed by atoms with Gasteiger partial charge in [-0.1, -0.05) is 0 Å². The van der Waals surface area contributed by atoms with E-state index in [1.807, 2.05) is 4.90 Å². The second-order valence-electron chi connectivity index (χ2n) is 7.11. The van der Waals surface area contributed by atoms with E-state index in [0.717, 1.165) is 12.3 Å². The molecule has 166 valence electrons. The summed E-state index contributed by atoms with van der Waals surface area (Å²) < 4.78 is 54.1. The van der Waals surface area contributed by atoms with E-state index in [4.69, 9.17) is 19.9 Å². The highest BCUT2D eigenvalue weighted by Crippen LogP contribution is 2.38. The fraction of sp³-hybridized carbons (Fsp3) is 0.611. The maximum absolute atomic E-state index is 12.9. The lowest BCUT2D eigenvalue weighted by molar-refractivity contribution is -0.138. The van der Waals surface area contributed by atoms with Gasteiger partial charge in [0, 0.05) is 25.8 Å². The van der Waals surface area contributed by atoms with Crippen LogP contribution in [0.3, 0.4) is 0 Å². The highest BCUT2D eigenvalue weighted by molar-refractivity contribution is 5.77. The number of pyridine rings is 1. The molecular weight excluding hydrogens is 409 g/mol. The van der Waals surface area contributed by atoms with Crippen LogP contribution in [0.4, 0.5) is 23.8 Å². The number of hydrogen-bond acceptors (Lipinski definition) is 7. The molecule has 30 heavy (non-hydrogen) atoms. The van der Waals surface area contributed by atoms with Crippen LogP contribution < -0.4 is 15.4 Å². The van der Waals surface area contributed by atoms with Crippen molar-refractivity contribution >= 4 is 17.8 Å². The Morgan fingerprint density at radius 1 is 1.40 bits per heavy atom. The Kier molecular flexibility index (Phi) is 6.54. The van der Waals surface area contributed by atoms with E-state index in [2.05, 4.69) is 4.98 Å². The molecule has 0 radical (unpaired) electrons. The second kappa shape index (κ2) is 8.94. The maximum Gasteiger partial charge on any atom is 0.418 e. The average molecular weight is 432 g/mol. The summed E-state index contributed by atoms with van der Waals surface area (Å²) in [6.45, 7) is 3.31. The second-order valence-corrected chi connectivity index (χ2v) is 7.11. The minimum absolute atomic E-state index is 0.0987. The third kappa shape index (κ3) is 5.23. The van der Waals surface area contributed by atoms with Gasteiger partial charge >= 0.3 is 12.3 Å². The smallest absolute Gasteiger partial charge is 0.418 e. The lowest BCUT2D eigenvalue weighted by atomic mass is 10.1. The van der Waals surface area contributed by atoms with Gasteiger partial charge < -0.3 is 29.7 Å². The lowest BCUT2D eigenvalue weighted by Crippen LogP contribution is -2.58. The van der Waals surface area contributed by atoms with E-state index in [0.29, 0.717) is 25.5 Å². The van der Waals surface area contributed by atoms with Gasteiger partial charge in [-0.25, -0.2) is 9.78 Å². The van der Waals surface area contributed by atoms with Crippen molar-refractivity contribution in [3.8, 4) is 5.75 Å². The fourth-order valence-corrected chi connectivity index (χ4v) is 3.40. The van der Waals surface area contributed by atoms with Crippen LogP contribution in [0.25, 0.3) is 0 Å². The molecule has 0 bridgehead atoms. The van der Waals surface area contributed by atoms with E-state index >= 15 is 0 Å². The number of anilines is 1. The Hall–Kier alpha value is -2.76. The van der Waals surface area contributed by atoms with Gasteiger partial charge in [0.05, 0.1) is 31.2 Å². The molecule has 0 aliphatic carbocycles. The summed E-state index contributed by atoms with van der Waals surface area (Å²) in [4.78, 5) is 30.6. The first kappa shape index (κ1) is 21.9. The Labute approximate surface area is 170 Å². The summed E-state index contributed by atoms with van der Waals surface area (Å²) in [5.74, 6) is 0.351. The number of carbonyl (C=O) groups excluding carboxylic acids is 2. The molecule has 2 aliphatic rings. The largest absolute Gasteiger partial charge is 0.487 e. The monoisotopic (exact) mass is 432 g/mol. The third-order valence-corrected chi connectivity index (χ3v) is 4.83. The SMILES string of the molecule is C[C@@H](COCCC(=O)N1CCN2c3ncc(C(F)(F)F)cc3OC[C@@H]2C1)OC(N)=O. The fourth-order valence-electron chi connectivity index (χ4n) is 3.40. The number of piperazine rings is 1. The molecule has 2 N–H and O–H groups in total. The number of hydrogen-bond donors (Lipinski definition) is 1. The predicted octanol–water partition coefficient (Wildman–Crippen LogP) is 1.40. The highest BCUT2D eigenvalue weighted by atomic mass is 19.4. The predicted molar refractivity (Wildman–Crippen MR) is 98.0 cm³/mol. The zero-order chi connectivity index (χ0) is 21.9. The Morgan fingerprint density at radius 3 is 2.87 bits per heavy atom. The van der Waals surface area contributed by atoms with Crippen LogP contribution in [0.15, 0.2) is 12.3 Å². The Bertz CT molecular complexity index is 792. The first-order valence-electron chi connectivity index (χ1n) is 9.43. The van der Waals surface area contributed by atoms with Crippen molar-refractivity contribution in [3.05, 3.63) is 17.8 Å². The summed E-state index contributed by atoms with van der Waals surface area (Å²) in [6, 6.07) is 0.764. The molecule has 1 aromatic heterocycles. The lowest BCUT2D eigenvalue weighted by Gasteiger charge is -2.44. The van der Waals surface area contributed by atoms with Gasteiger partial charge in [0.2, 0.25) is 5.91 Å². The van der Waals surface area contributed by atoms with Crippen LogP contribution in [0.5, 0.6) is 5.75 Å². The zero-order valence-electron chi connectivity index (χ0n) is 16.4. The number of alkyl halides is 3. The van der Waals surface area contributed by atoms with E-state index in [9.17, 15) is 22.8 Å². The number of nitrogens with zero attached hydrogens (tertiary/aromatic N) is 3. The Morgan fingerprint density at radius 2 is 2.17 bits per heavy atom. The van der Waals surface area contributed by atoms with Gasteiger partial charge in [0.15, 0.2) is 11.6 Å². The molecular formula is C18H23F3N4O5. The van der Waals surface area contributed by atoms with Gasteiger partial charge in [0.25, 0.3) is 0 Å². The summed E-state index contributed by atoms with van der Waals surface area (Å²) in [7, 11) is 0. The molecule has 0 spiro atoms. The van der Waals surface area contributed by atoms with Crippen LogP contribution in [0, 0.1) is 0 Å². The minimum Gasteiger partial charge on any atom is -0.487 e. The highest BCUT2D eigenvalue weighted by Gasteiger charge is 2.38. The van der Waals surface area contributed by atoms with Gasteiger partial charge in [-0.15, -0.1) is 0 Å². The van der Waals surface area contributed by atoms with E-state index in [1.165, 1.54) is 0 Å². The van der Waals surface area contributed by atoms with Gasteiger partial charge in [-0.2, -0.15) is 13.2 Å². The average Bonchev–Trinajstić information content (AvgIpc) is 2.68. The van der Waals surface area contributed by atoms with Gasteiger partial charge in [-0.3, -0.25) is 4.79 Å². The van der Waals surface area contributed by atoms with Crippen molar-refractivity contribution in [1.82, 2.24) is 9.88 Å². The number of halogens is 3. The first-order chi connectivity index (χ1) is 14.1. The molecule has 3 rings (SSSR count). The van der Waals surface area contributed by atoms with E-state index < -0.39 is 23.9 Å². The van der Waals surface area contributed by atoms with Crippen LogP contribution >= 0.6 is 0 Å². The summed E-state index contributed by atoms with van der Waals surface area (Å²) in [6.07, 6.45) is -4.94. The minimum atomic E-state index is -4.49. The van der Waals surface area contributed by atoms with Crippen LogP contribution in [-0.4, -0.2) is 73.5 Å². The number of amides is 2. The summed E-state index contributed by atoms with van der Waals surface area (Å²) in [5.41, 5.74) is 4.05. The van der Waals surface area contributed by atoms with Crippen LogP contribution in [0.2, 0.25) is 0 Å². The quantitative estimate of drug-likeness (QED) is 0.677. The summed E-state index contributed by atoms with van der Waals surface area (Å²) >= 11 is 0. The van der Waals surface area contributed by atoms with E-state index in [-0.39, 0.29) is 43.9 Å². The molecule has 0 aromatic carbocycles. The van der Waals surface area contributed by atoms with Gasteiger partial charge in [0.1, 0.15) is 12.7 Å². The third-order valence-electron chi connectivity index (χ3n) is 4.83. The van der Waals surface area contributed by atoms with Crippen molar-refractivity contribution in [2.24, 2.45) is 5.73 Å². The van der Waals surface area contributed by atoms with Crippen molar-refractivity contribution in [1.29, 1.82) is 0 Å². The summed E-state index contributed by atoms with van der Waals surface area (Å²) in [5, 5.41) is 0. The molecule has 0 saturated carbocycles. The van der Waals surface area contributed by atoms with Gasteiger partial charge in [-0.05, 0) is 13.0 Å². The number of ether oxygens (including phenoxy) is 3. The maximum atomic E-state index is 12.9. The van der Waals surface area contributed by atoms with Crippen molar-refractivity contribution in [2.45, 2.75) is 31.7 Å². The molecule has 3 heterocycles. The number of primary amides is 1. The normalized spacial score (nSPS) is 19.4. The molecule has 0 unspecified atom stereocenters. The molecule has 1 aromatic rings. The first-order valence-corrected chi connectivity index (χ1v) is 9.43. The van der Waals surface area contributed by atoms with E-state index in [1.54, 1.807) is 11.8 Å². The molecule has 2 aliphatic heterocycles. The van der Waals surface area contributed by atoms with Crippen molar-refractivity contribution < 1.29 is 37.0 Å². The van der Waals surface area contributed by atoms with Crippen molar-refractivity contribution in [2.75, 3.05) is 44.4 Å². The number of carbonyl (C=O) groups is 2. The Balaban J connectivity index is 1.50. The number of rotatable bonds is 6. The standard InChI is InChI=1S/C18H23F3N4O5/c1-11(30-17(22)27)9-28-5-2-15(26)24-3-4-25-13(8-24)10-29-14-6-12(18(19,20)21)7-23-16(14)25/h6-7,11,13H,2-5,8-10H2,1H3,(H2,22,27)/t11-,13-/m0/s1. The molecule has 9 nitrogen and oxygen atoms in total. The van der Waals surface area contributed by atoms with Crippen LogP contribution in [-0.2, 0) is 20.4 Å². The molecule has 2 atom stereocenters. The number of aromatic nitrogens is 1. The molecule has 2 amide bonds. The van der Waals surface area contributed by atoms with Crippen molar-refractivity contribution in [3.63, 3.8) is 0 Å². The molecule has 1 fully saturated rings. The number of nitrogens with two attached hydrogens (primary N) is 1. The zero-order valence-corrected chi connectivity index (χ0v) is 16.4. The molecule has 1 saturated heterocycles.